The van der Waals surface area contributed by atoms with E-state index >= 15 is 0 Å². The summed E-state index contributed by atoms with van der Waals surface area (Å²) in [6, 6.07) is 9.04. The van der Waals surface area contributed by atoms with Crippen LogP contribution in [0, 0.1) is 12.7 Å². The van der Waals surface area contributed by atoms with E-state index in [1.165, 1.54) is 6.07 Å². The highest BCUT2D eigenvalue weighted by molar-refractivity contribution is 7.15. The molecule has 0 fully saturated rings. The summed E-state index contributed by atoms with van der Waals surface area (Å²) in [7, 11) is 0. The number of nitrogens with two attached hydrogens (primary N) is 1. The summed E-state index contributed by atoms with van der Waals surface area (Å²) in [5, 5.41) is 0. The van der Waals surface area contributed by atoms with Crippen molar-refractivity contribution in [3.05, 3.63) is 46.6 Å². The maximum atomic E-state index is 13.2. The fraction of sp³-hybridized carbons (Fsp3) is 0.167. The molecule has 15 heavy (non-hydrogen) atoms. The Morgan fingerprint density at radius 2 is 2.07 bits per heavy atom. The number of halogens is 1. The Morgan fingerprint density at radius 1 is 1.27 bits per heavy atom. The fourth-order valence-electron chi connectivity index (χ4n) is 1.52. The van der Waals surface area contributed by atoms with Crippen molar-refractivity contribution in [2.24, 2.45) is 5.73 Å². The zero-order valence-corrected chi connectivity index (χ0v) is 9.27. The highest BCUT2D eigenvalue weighted by Gasteiger charge is 2.04. The van der Waals surface area contributed by atoms with E-state index in [0.717, 1.165) is 20.9 Å². The van der Waals surface area contributed by atoms with E-state index in [4.69, 9.17) is 5.73 Å². The Bertz CT molecular complexity index is 456. The predicted molar refractivity (Wildman–Crippen MR) is 62.3 cm³/mol. The Hall–Kier alpha value is -1.19. The second-order valence-corrected chi connectivity index (χ2v) is 4.66. The number of hydrogen-bond donors (Lipinski definition) is 1. The van der Waals surface area contributed by atoms with E-state index in [1.807, 2.05) is 25.1 Å². The molecule has 0 atom stereocenters. The van der Waals surface area contributed by atoms with Crippen LogP contribution < -0.4 is 5.73 Å². The quantitative estimate of drug-likeness (QED) is 0.827. The van der Waals surface area contributed by atoms with Gasteiger partial charge in [0.1, 0.15) is 5.82 Å². The molecule has 1 aromatic carbocycles. The van der Waals surface area contributed by atoms with Crippen molar-refractivity contribution in [1.29, 1.82) is 0 Å². The molecule has 0 bridgehead atoms. The van der Waals surface area contributed by atoms with Gasteiger partial charge in [0, 0.05) is 16.3 Å². The highest BCUT2D eigenvalue weighted by atomic mass is 32.1. The monoisotopic (exact) mass is 221 g/mol. The van der Waals surface area contributed by atoms with Crippen LogP contribution in [-0.2, 0) is 6.54 Å². The van der Waals surface area contributed by atoms with Crippen LogP contribution in [-0.4, -0.2) is 0 Å². The van der Waals surface area contributed by atoms with Gasteiger partial charge < -0.3 is 5.73 Å². The van der Waals surface area contributed by atoms with Crippen molar-refractivity contribution in [2.45, 2.75) is 13.5 Å². The van der Waals surface area contributed by atoms with Crippen molar-refractivity contribution in [1.82, 2.24) is 0 Å². The molecule has 0 aliphatic heterocycles. The minimum absolute atomic E-state index is 0.187. The molecule has 78 valence electrons. The van der Waals surface area contributed by atoms with E-state index in [9.17, 15) is 4.39 Å². The Balaban J connectivity index is 2.44. The van der Waals surface area contributed by atoms with Crippen LogP contribution >= 0.6 is 11.3 Å². The van der Waals surface area contributed by atoms with Gasteiger partial charge in [0.2, 0.25) is 0 Å². The topological polar surface area (TPSA) is 26.0 Å². The molecule has 2 rings (SSSR count). The predicted octanol–water partition coefficient (Wildman–Crippen LogP) is 3.32. The average molecular weight is 221 g/mol. The van der Waals surface area contributed by atoms with Gasteiger partial charge in [-0.3, -0.25) is 0 Å². The minimum Gasteiger partial charge on any atom is -0.326 e. The van der Waals surface area contributed by atoms with Crippen LogP contribution in [0.15, 0.2) is 30.3 Å². The highest BCUT2D eigenvalue weighted by Crippen LogP contribution is 2.29. The molecule has 0 aliphatic rings. The van der Waals surface area contributed by atoms with E-state index in [1.54, 1.807) is 17.4 Å². The first-order valence-corrected chi connectivity index (χ1v) is 5.57. The molecule has 3 heteroatoms. The summed E-state index contributed by atoms with van der Waals surface area (Å²) in [6.45, 7) is 2.43. The van der Waals surface area contributed by atoms with Crippen molar-refractivity contribution in [3.8, 4) is 10.4 Å². The summed E-state index contributed by atoms with van der Waals surface area (Å²) >= 11 is 1.61. The molecular weight excluding hydrogens is 209 g/mol. The van der Waals surface area contributed by atoms with Crippen molar-refractivity contribution < 1.29 is 4.39 Å². The van der Waals surface area contributed by atoms with Crippen molar-refractivity contribution >= 4 is 11.3 Å². The SMILES string of the molecule is Cc1cc(F)cc(-c2ccc(CN)s2)c1. The fourth-order valence-corrected chi connectivity index (χ4v) is 2.40. The lowest BCUT2D eigenvalue weighted by atomic mass is 10.1. The summed E-state index contributed by atoms with van der Waals surface area (Å²) in [5.74, 6) is -0.187. The molecule has 0 saturated heterocycles. The summed E-state index contributed by atoms with van der Waals surface area (Å²) in [6.07, 6.45) is 0. The molecule has 0 spiro atoms. The molecule has 0 aliphatic carbocycles. The number of hydrogen-bond acceptors (Lipinski definition) is 2. The number of benzene rings is 1. The van der Waals surface area contributed by atoms with Gasteiger partial charge in [0.05, 0.1) is 0 Å². The van der Waals surface area contributed by atoms with Crippen LogP contribution in [0.5, 0.6) is 0 Å². The first-order chi connectivity index (χ1) is 7.19. The zero-order valence-electron chi connectivity index (χ0n) is 8.46. The van der Waals surface area contributed by atoms with Gasteiger partial charge >= 0.3 is 0 Å². The van der Waals surface area contributed by atoms with Crippen LogP contribution in [0.2, 0.25) is 0 Å². The van der Waals surface area contributed by atoms with Gasteiger partial charge in [-0.15, -0.1) is 11.3 Å². The van der Waals surface area contributed by atoms with E-state index in [-0.39, 0.29) is 5.82 Å². The smallest absolute Gasteiger partial charge is 0.124 e. The van der Waals surface area contributed by atoms with Crippen LogP contribution in [0.25, 0.3) is 10.4 Å². The minimum atomic E-state index is -0.187. The van der Waals surface area contributed by atoms with Gasteiger partial charge in [0.25, 0.3) is 0 Å². The lowest BCUT2D eigenvalue weighted by molar-refractivity contribution is 0.627. The lowest BCUT2D eigenvalue weighted by Crippen LogP contribution is -1.91. The molecule has 0 saturated carbocycles. The van der Waals surface area contributed by atoms with E-state index < -0.39 is 0 Å². The normalized spacial score (nSPS) is 10.6. The number of aryl methyl sites for hydroxylation is 1. The number of rotatable bonds is 2. The molecule has 0 amide bonds. The van der Waals surface area contributed by atoms with Crippen molar-refractivity contribution in [2.75, 3.05) is 0 Å². The Morgan fingerprint density at radius 3 is 2.67 bits per heavy atom. The molecular formula is C12H12FNS. The summed E-state index contributed by atoms with van der Waals surface area (Å²) < 4.78 is 13.2. The molecule has 0 radical (unpaired) electrons. The van der Waals surface area contributed by atoms with Crippen LogP contribution in [0.3, 0.4) is 0 Å². The maximum Gasteiger partial charge on any atom is 0.124 e. The zero-order chi connectivity index (χ0) is 10.8. The molecule has 2 N–H and O–H groups in total. The third-order valence-corrected chi connectivity index (χ3v) is 3.35. The van der Waals surface area contributed by atoms with Gasteiger partial charge in [0.15, 0.2) is 0 Å². The van der Waals surface area contributed by atoms with Gasteiger partial charge in [-0.1, -0.05) is 6.07 Å². The lowest BCUT2D eigenvalue weighted by Gasteiger charge is -2.00. The molecule has 1 heterocycles. The second-order valence-electron chi connectivity index (χ2n) is 3.49. The van der Waals surface area contributed by atoms with Gasteiger partial charge in [-0.05, 0) is 42.3 Å². The van der Waals surface area contributed by atoms with Crippen LogP contribution in [0.4, 0.5) is 4.39 Å². The maximum absolute atomic E-state index is 13.2. The first-order valence-electron chi connectivity index (χ1n) is 4.75. The van der Waals surface area contributed by atoms with Crippen molar-refractivity contribution in [3.63, 3.8) is 0 Å². The Kier molecular flexibility index (Phi) is 2.84. The standard InChI is InChI=1S/C12H12FNS/c1-8-4-9(6-10(13)5-8)12-3-2-11(7-14)15-12/h2-6H,7,14H2,1H3. The largest absolute Gasteiger partial charge is 0.326 e. The third kappa shape index (κ3) is 2.25. The van der Waals surface area contributed by atoms with E-state index in [0.29, 0.717) is 6.54 Å². The van der Waals surface area contributed by atoms with E-state index in [2.05, 4.69) is 0 Å². The third-order valence-electron chi connectivity index (χ3n) is 2.19. The van der Waals surface area contributed by atoms with Gasteiger partial charge in [-0.2, -0.15) is 0 Å². The Labute approximate surface area is 92.4 Å². The molecule has 2 aromatic rings. The number of thiophene rings is 1. The second kappa shape index (κ2) is 4.13. The average Bonchev–Trinajstić information content (AvgIpc) is 2.64. The summed E-state index contributed by atoms with van der Waals surface area (Å²) in [5.41, 5.74) is 7.40. The van der Waals surface area contributed by atoms with Crippen LogP contribution in [0.1, 0.15) is 10.4 Å². The molecule has 0 unspecified atom stereocenters. The van der Waals surface area contributed by atoms with Gasteiger partial charge in [-0.25, -0.2) is 4.39 Å². The first kappa shape index (κ1) is 10.3. The summed E-state index contributed by atoms with van der Waals surface area (Å²) in [4.78, 5) is 2.19. The molecule has 1 aromatic heterocycles. The molecule has 1 nitrogen and oxygen atoms in total.